The second kappa shape index (κ2) is 9.06. The summed E-state index contributed by atoms with van der Waals surface area (Å²) in [6, 6.07) is 19.9. The van der Waals surface area contributed by atoms with Crippen LogP contribution in [0, 0.1) is 13.8 Å². The first-order valence-electron chi connectivity index (χ1n) is 11.7. The Kier molecular flexibility index (Phi) is 6.28. The predicted octanol–water partition coefficient (Wildman–Crippen LogP) is 6.24. The number of aliphatic hydroxyl groups is 1. The highest BCUT2D eigenvalue weighted by atomic mass is 16.5. The third-order valence-corrected chi connectivity index (χ3v) is 6.53. The third-order valence-electron chi connectivity index (χ3n) is 6.53. The Hall–Kier alpha value is -3.86. The van der Waals surface area contributed by atoms with Gasteiger partial charge in [-0.15, -0.1) is 0 Å². The van der Waals surface area contributed by atoms with E-state index in [4.69, 9.17) is 4.74 Å². The second-order valence-corrected chi connectivity index (χ2v) is 10.0. The minimum atomic E-state index is -0.777. The maximum absolute atomic E-state index is 13.5. The van der Waals surface area contributed by atoms with E-state index in [1.54, 1.807) is 6.07 Å². The number of ketones is 1. The molecular formula is C30H31NO4. The molecule has 1 amide bonds. The fourth-order valence-corrected chi connectivity index (χ4v) is 4.57. The average Bonchev–Trinajstić information content (AvgIpc) is 3.08. The number of carbonyl (C=O) groups excluding carboxylic acids is 2. The van der Waals surface area contributed by atoms with Gasteiger partial charge in [0.1, 0.15) is 11.5 Å². The molecule has 5 heteroatoms. The zero-order chi connectivity index (χ0) is 25.5. The summed E-state index contributed by atoms with van der Waals surface area (Å²) in [6.07, 6.45) is 0. The van der Waals surface area contributed by atoms with E-state index in [2.05, 4.69) is 20.8 Å². The van der Waals surface area contributed by atoms with Crippen LogP contribution in [0.4, 0.5) is 5.69 Å². The first kappa shape index (κ1) is 24.3. The number of carbonyl (C=O) groups is 2. The van der Waals surface area contributed by atoms with E-state index in [1.807, 2.05) is 74.5 Å². The Bertz CT molecular complexity index is 1350. The van der Waals surface area contributed by atoms with E-state index in [-0.39, 0.29) is 16.7 Å². The van der Waals surface area contributed by atoms with Crippen molar-refractivity contribution in [2.75, 3.05) is 12.0 Å². The highest BCUT2D eigenvalue weighted by Gasteiger charge is 2.47. The zero-order valence-electron chi connectivity index (χ0n) is 21.0. The lowest BCUT2D eigenvalue weighted by atomic mass is 9.85. The number of amides is 1. The molecule has 0 aliphatic carbocycles. The van der Waals surface area contributed by atoms with Crippen molar-refractivity contribution in [3.05, 3.63) is 100 Å². The molecule has 4 rings (SSSR count). The number of Topliss-reactive ketones (excluding diaryl/α,β-unsaturated/α-hetero) is 1. The lowest BCUT2D eigenvalue weighted by Crippen LogP contribution is -2.29. The van der Waals surface area contributed by atoms with Crippen molar-refractivity contribution in [1.82, 2.24) is 0 Å². The van der Waals surface area contributed by atoms with Crippen molar-refractivity contribution >= 4 is 23.1 Å². The quantitative estimate of drug-likeness (QED) is 0.279. The standard InChI is InChI=1S/C30H31NO4/c1-18-10-9-12-21(16-18)31-26(22-13-8-7-11-19(22)2)25(28(33)29(31)34)27(32)23-17-20(30(3,4)5)14-15-24(23)35-6/h7-17,26,32H,1-6H3/b27-25+. The minimum Gasteiger partial charge on any atom is -0.507 e. The van der Waals surface area contributed by atoms with Crippen LogP contribution in [-0.4, -0.2) is 23.9 Å². The normalized spacial score (nSPS) is 17.7. The number of aliphatic hydroxyl groups excluding tert-OH is 1. The van der Waals surface area contributed by atoms with E-state index < -0.39 is 17.7 Å². The molecular weight excluding hydrogens is 438 g/mol. The maximum Gasteiger partial charge on any atom is 0.300 e. The molecule has 1 fully saturated rings. The molecule has 1 aliphatic rings. The van der Waals surface area contributed by atoms with Gasteiger partial charge in [0.2, 0.25) is 0 Å². The van der Waals surface area contributed by atoms with Gasteiger partial charge in [0.05, 0.1) is 24.3 Å². The predicted molar refractivity (Wildman–Crippen MR) is 139 cm³/mol. The van der Waals surface area contributed by atoms with E-state index in [1.165, 1.54) is 12.0 Å². The molecule has 0 bridgehead atoms. The van der Waals surface area contributed by atoms with Crippen LogP contribution in [0.5, 0.6) is 5.75 Å². The van der Waals surface area contributed by atoms with Crippen LogP contribution in [0.15, 0.2) is 72.3 Å². The van der Waals surface area contributed by atoms with Crippen LogP contribution in [0.2, 0.25) is 0 Å². The van der Waals surface area contributed by atoms with Crippen LogP contribution in [0.1, 0.15) is 54.6 Å². The zero-order valence-corrected chi connectivity index (χ0v) is 21.0. The molecule has 0 aromatic heterocycles. The number of hydrogen-bond acceptors (Lipinski definition) is 4. The van der Waals surface area contributed by atoms with Gasteiger partial charge in [-0.1, -0.05) is 63.2 Å². The van der Waals surface area contributed by atoms with Gasteiger partial charge in [-0.3, -0.25) is 14.5 Å². The summed E-state index contributed by atoms with van der Waals surface area (Å²) < 4.78 is 5.54. The summed E-state index contributed by atoms with van der Waals surface area (Å²) in [4.78, 5) is 28.4. The maximum atomic E-state index is 13.5. The van der Waals surface area contributed by atoms with Crippen LogP contribution in [0.25, 0.3) is 5.76 Å². The van der Waals surface area contributed by atoms with Gasteiger partial charge in [-0.25, -0.2) is 0 Å². The fraction of sp³-hybridized carbons (Fsp3) is 0.267. The van der Waals surface area contributed by atoms with E-state index in [0.717, 1.165) is 22.3 Å². The number of nitrogens with zero attached hydrogens (tertiary/aromatic N) is 1. The molecule has 1 heterocycles. The number of benzene rings is 3. The van der Waals surface area contributed by atoms with E-state index >= 15 is 0 Å². The third kappa shape index (κ3) is 4.34. The van der Waals surface area contributed by atoms with E-state index in [0.29, 0.717) is 17.0 Å². The summed E-state index contributed by atoms with van der Waals surface area (Å²) in [5, 5.41) is 11.7. The van der Waals surface area contributed by atoms with Gasteiger partial charge in [-0.2, -0.15) is 0 Å². The van der Waals surface area contributed by atoms with Crippen LogP contribution < -0.4 is 9.64 Å². The first-order valence-corrected chi connectivity index (χ1v) is 11.7. The van der Waals surface area contributed by atoms with Crippen LogP contribution in [0.3, 0.4) is 0 Å². The minimum absolute atomic E-state index is 0.0511. The molecule has 1 aliphatic heterocycles. The molecule has 1 saturated heterocycles. The van der Waals surface area contributed by atoms with Crippen LogP contribution in [-0.2, 0) is 15.0 Å². The van der Waals surface area contributed by atoms with Crippen molar-refractivity contribution in [2.24, 2.45) is 0 Å². The monoisotopic (exact) mass is 469 g/mol. The van der Waals surface area contributed by atoms with Crippen molar-refractivity contribution in [1.29, 1.82) is 0 Å². The molecule has 3 aromatic carbocycles. The molecule has 0 spiro atoms. The molecule has 1 unspecified atom stereocenters. The Morgan fingerprint density at radius 3 is 2.29 bits per heavy atom. The van der Waals surface area contributed by atoms with Crippen molar-refractivity contribution in [3.8, 4) is 5.75 Å². The Morgan fingerprint density at radius 1 is 0.943 bits per heavy atom. The highest BCUT2D eigenvalue weighted by Crippen LogP contribution is 2.44. The molecule has 3 aromatic rings. The number of hydrogen-bond donors (Lipinski definition) is 1. The lowest BCUT2D eigenvalue weighted by molar-refractivity contribution is -0.132. The summed E-state index contributed by atoms with van der Waals surface area (Å²) in [7, 11) is 1.52. The number of rotatable bonds is 4. The topological polar surface area (TPSA) is 66.8 Å². The van der Waals surface area contributed by atoms with Crippen molar-refractivity contribution in [2.45, 2.75) is 46.1 Å². The van der Waals surface area contributed by atoms with Gasteiger partial charge in [0.25, 0.3) is 11.7 Å². The number of methoxy groups -OCH3 is 1. The van der Waals surface area contributed by atoms with Crippen molar-refractivity contribution in [3.63, 3.8) is 0 Å². The Morgan fingerprint density at radius 2 is 1.66 bits per heavy atom. The number of aryl methyl sites for hydroxylation is 2. The van der Waals surface area contributed by atoms with Gasteiger partial charge < -0.3 is 9.84 Å². The van der Waals surface area contributed by atoms with Crippen LogP contribution >= 0.6 is 0 Å². The molecule has 5 nitrogen and oxygen atoms in total. The van der Waals surface area contributed by atoms with Crippen molar-refractivity contribution < 1.29 is 19.4 Å². The molecule has 0 saturated carbocycles. The highest BCUT2D eigenvalue weighted by molar-refractivity contribution is 6.51. The summed E-state index contributed by atoms with van der Waals surface area (Å²) in [6.45, 7) is 10.1. The largest absolute Gasteiger partial charge is 0.507 e. The number of ether oxygens (including phenoxy) is 1. The Balaban J connectivity index is 2.02. The van der Waals surface area contributed by atoms with Gasteiger partial charge in [-0.05, 0) is 65.8 Å². The second-order valence-electron chi connectivity index (χ2n) is 10.0. The van der Waals surface area contributed by atoms with Gasteiger partial charge >= 0.3 is 0 Å². The smallest absolute Gasteiger partial charge is 0.300 e. The average molecular weight is 470 g/mol. The van der Waals surface area contributed by atoms with Gasteiger partial charge in [0.15, 0.2) is 0 Å². The molecule has 1 atom stereocenters. The molecule has 35 heavy (non-hydrogen) atoms. The SMILES string of the molecule is COc1ccc(C(C)(C)C)cc1/C(O)=C1\C(=O)C(=O)N(c2cccc(C)c2)C1c1ccccc1C. The molecule has 180 valence electrons. The fourth-order valence-electron chi connectivity index (χ4n) is 4.57. The first-order chi connectivity index (χ1) is 16.5. The molecule has 1 N–H and O–H groups in total. The lowest BCUT2D eigenvalue weighted by Gasteiger charge is -2.27. The summed E-state index contributed by atoms with van der Waals surface area (Å²) in [5.74, 6) is -1.20. The Labute approximate surface area is 206 Å². The number of anilines is 1. The van der Waals surface area contributed by atoms with Gasteiger partial charge in [0, 0.05) is 5.69 Å². The summed E-state index contributed by atoms with van der Waals surface area (Å²) >= 11 is 0. The van der Waals surface area contributed by atoms with E-state index in [9.17, 15) is 14.7 Å². The summed E-state index contributed by atoms with van der Waals surface area (Å²) in [5.41, 5.74) is 4.49. The molecule has 0 radical (unpaired) electrons.